The zero-order chi connectivity index (χ0) is 10.8. The van der Waals surface area contributed by atoms with E-state index in [4.69, 9.17) is 10.5 Å². The maximum absolute atomic E-state index is 11.6. The van der Waals surface area contributed by atoms with E-state index in [1.165, 1.54) is 0 Å². The molecule has 0 aromatic carbocycles. The first-order valence-corrected chi connectivity index (χ1v) is 6.64. The molecule has 2 N–H and O–H groups in total. The van der Waals surface area contributed by atoms with Crippen molar-refractivity contribution in [2.24, 2.45) is 5.73 Å². The van der Waals surface area contributed by atoms with Gasteiger partial charge in [0, 0.05) is 18.4 Å². The summed E-state index contributed by atoms with van der Waals surface area (Å²) in [7, 11) is -1.33. The van der Waals surface area contributed by atoms with Gasteiger partial charge in [-0.1, -0.05) is 6.92 Å². The topological polar surface area (TPSA) is 69.4 Å². The first-order chi connectivity index (χ1) is 6.43. The fraction of sp³-hybridized carbons (Fsp3) is 1.00. The Hall–Kier alpha value is -0.130. The van der Waals surface area contributed by atoms with Crippen molar-refractivity contribution in [3.8, 4) is 0 Å². The number of methoxy groups -OCH3 is 1. The molecule has 0 heterocycles. The Bertz CT molecular complexity index is 288. The number of hydrogen-bond donors (Lipinski definition) is 1. The third kappa shape index (κ3) is 2.46. The van der Waals surface area contributed by atoms with E-state index in [9.17, 15) is 8.42 Å². The molecule has 0 aliphatic heterocycles. The Morgan fingerprint density at radius 2 is 2.21 bits per heavy atom. The van der Waals surface area contributed by atoms with Crippen LogP contribution in [0.3, 0.4) is 0 Å². The predicted molar refractivity (Wildman–Crippen MR) is 55.9 cm³/mol. The van der Waals surface area contributed by atoms with E-state index < -0.39 is 15.4 Å². The van der Waals surface area contributed by atoms with Crippen molar-refractivity contribution < 1.29 is 13.2 Å². The molecule has 2 atom stereocenters. The van der Waals surface area contributed by atoms with Crippen LogP contribution in [0.4, 0.5) is 0 Å². The highest BCUT2D eigenvalue weighted by molar-refractivity contribution is 7.92. The molecule has 2 unspecified atom stereocenters. The molecular weight excluding hydrogens is 202 g/mol. The van der Waals surface area contributed by atoms with Crippen molar-refractivity contribution in [2.45, 2.75) is 37.0 Å². The lowest BCUT2D eigenvalue weighted by Gasteiger charge is -2.22. The van der Waals surface area contributed by atoms with E-state index in [0.29, 0.717) is 19.4 Å². The van der Waals surface area contributed by atoms with Crippen LogP contribution >= 0.6 is 0 Å². The lowest BCUT2D eigenvalue weighted by atomic mass is 10.0. The molecule has 0 aromatic rings. The summed E-state index contributed by atoms with van der Waals surface area (Å²) < 4.78 is 28.2. The second-order valence-electron chi connectivity index (χ2n) is 4.11. The number of hydrogen-bond acceptors (Lipinski definition) is 4. The molecule has 0 bridgehead atoms. The first kappa shape index (κ1) is 11.9. The van der Waals surface area contributed by atoms with Crippen molar-refractivity contribution in [2.75, 3.05) is 19.5 Å². The molecule has 0 amide bonds. The molecule has 1 fully saturated rings. The second-order valence-corrected chi connectivity index (χ2v) is 6.68. The molecule has 1 saturated carbocycles. The second kappa shape index (κ2) is 4.16. The number of rotatable bonds is 4. The van der Waals surface area contributed by atoms with E-state index in [0.717, 1.165) is 6.42 Å². The van der Waals surface area contributed by atoms with Gasteiger partial charge in [0.05, 0.1) is 11.9 Å². The third-order valence-corrected chi connectivity index (χ3v) is 5.16. The summed E-state index contributed by atoms with van der Waals surface area (Å²) in [5.41, 5.74) is 5.59. The summed E-state index contributed by atoms with van der Waals surface area (Å²) in [6.07, 6.45) is 1.96. The molecule has 84 valence electrons. The summed E-state index contributed by atoms with van der Waals surface area (Å²) in [5.74, 6) is 0.209. The lowest BCUT2D eigenvalue weighted by molar-refractivity contribution is 0.135. The van der Waals surface area contributed by atoms with Crippen molar-refractivity contribution in [1.29, 1.82) is 0 Å². The highest BCUT2D eigenvalue weighted by Gasteiger charge is 2.41. The maximum Gasteiger partial charge on any atom is 0.152 e. The van der Waals surface area contributed by atoms with Crippen LogP contribution in [0.5, 0.6) is 0 Å². The average Bonchev–Trinajstić information content (AvgIpc) is 2.49. The number of nitrogens with two attached hydrogens (primary N) is 1. The monoisotopic (exact) mass is 221 g/mol. The molecular formula is C9H19NO3S. The van der Waals surface area contributed by atoms with Crippen LogP contribution in [0.25, 0.3) is 0 Å². The standard InChI is InChI=1S/C9H19NO3S/c1-3-14(11,12)8-4-5-9(10,6-8)7-13-2/h8H,3-7,10H2,1-2H3. The van der Waals surface area contributed by atoms with Crippen molar-refractivity contribution >= 4 is 9.84 Å². The summed E-state index contributed by atoms with van der Waals surface area (Å²) in [6, 6.07) is 0. The van der Waals surface area contributed by atoms with Crippen LogP contribution in [0.15, 0.2) is 0 Å². The molecule has 0 saturated heterocycles. The highest BCUT2D eigenvalue weighted by atomic mass is 32.2. The molecule has 1 aliphatic carbocycles. The fourth-order valence-corrected chi connectivity index (χ4v) is 3.60. The van der Waals surface area contributed by atoms with Gasteiger partial charge in [-0.3, -0.25) is 0 Å². The SMILES string of the molecule is CCS(=O)(=O)C1CCC(N)(COC)C1. The predicted octanol–water partition coefficient (Wildman–Crippen LogP) is 0.317. The molecule has 0 radical (unpaired) electrons. The van der Waals surface area contributed by atoms with E-state index >= 15 is 0 Å². The van der Waals surface area contributed by atoms with E-state index in [-0.39, 0.29) is 11.0 Å². The molecule has 1 aliphatic rings. The zero-order valence-corrected chi connectivity index (χ0v) is 9.64. The normalized spacial score (nSPS) is 33.5. The Morgan fingerprint density at radius 3 is 2.71 bits per heavy atom. The minimum atomic E-state index is -2.92. The smallest absolute Gasteiger partial charge is 0.152 e. The lowest BCUT2D eigenvalue weighted by Crippen LogP contribution is -2.42. The Labute approximate surface area is 85.7 Å². The highest BCUT2D eigenvalue weighted by Crippen LogP contribution is 2.32. The quantitative estimate of drug-likeness (QED) is 0.742. The van der Waals surface area contributed by atoms with E-state index in [2.05, 4.69) is 0 Å². The fourth-order valence-electron chi connectivity index (χ4n) is 2.07. The largest absolute Gasteiger partial charge is 0.383 e. The van der Waals surface area contributed by atoms with Crippen LogP contribution < -0.4 is 5.73 Å². The average molecular weight is 221 g/mol. The van der Waals surface area contributed by atoms with Gasteiger partial charge < -0.3 is 10.5 Å². The first-order valence-electron chi connectivity index (χ1n) is 4.93. The Kier molecular flexibility index (Phi) is 3.55. The van der Waals surface area contributed by atoms with Gasteiger partial charge in [0.15, 0.2) is 9.84 Å². The summed E-state index contributed by atoms with van der Waals surface area (Å²) >= 11 is 0. The maximum atomic E-state index is 11.6. The van der Waals surface area contributed by atoms with Gasteiger partial charge in [-0.15, -0.1) is 0 Å². The van der Waals surface area contributed by atoms with Gasteiger partial charge in [-0.05, 0) is 19.3 Å². The van der Waals surface area contributed by atoms with Crippen molar-refractivity contribution in [3.63, 3.8) is 0 Å². The molecule has 0 spiro atoms. The van der Waals surface area contributed by atoms with E-state index in [1.54, 1.807) is 14.0 Å². The van der Waals surface area contributed by atoms with Crippen LogP contribution in [0, 0.1) is 0 Å². The van der Waals surface area contributed by atoms with Gasteiger partial charge in [0.25, 0.3) is 0 Å². The van der Waals surface area contributed by atoms with Crippen molar-refractivity contribution in [3.05, 3.63) is 0 Å². The molecule has 14 heavy (non-hydrogen) atoms. The number of ether oxygens (including phenoxy) is 1. The molecule has 0 aromatic heterocycles. The molecule has 1 rings (SSSR count). The summed E-state index contributed by atoms with van der Waals surface area (Å²) in [4.78, 5) is 0. The third-order valence-electron chi connectivity index (χ3n) is 2.94. The molecule has 5 heteroatoms. The van der Waals surface area contributed by atoms with Crippen LogP contribution in [0.2, 0.25) is 0 Å². The van der Waals surface area contributed by atoms with Crippen LogP contribution in [-0.4, -0.2) is 38.7 Å². The van der Waals surface area contributed by atoms with Gasteiger partial charge in [0.2, 0.25) is 0 Å². The minimum Gasteiger partial charge on any atom is -0.383 e. The molecule has 4 nitrogen and oxygen atoms in total. The van der Waals surface area contributed by atoms with Gasteiger partial charge in [-0.2, -0.15) is 0 Å². The van der Waals surface area contributed by atoms with Gasteiger partial charge >= 0.3 is 0 Å². The zero-order valence-electron chi connectivity index (χ0n) is 8.82. The Morgan fingerprint density at radius 1 is 1.57 bits per heavy atom. The van der Waals surface area contributed by atoms with Crippen molar-refractivity contribution in [1.82, 2.24) is 0 Å². The van der Waals surface area contributed by atoms with Crippen LogP contribution in [-0.2, 0) is 14.6 Å². The van der Waals surface area contributed by atoms with E-state index in [1.807, 2.05) is 0 Å². The van der Waals surface area contributed by atoms with Crippen LogP contribution in [0.1, 0.15) is 26.2 Å². The minimum absolute atomic E-state index is 0.209. The summed E-state index contributed by atoms with van der Waals surface area (Å²) in [5, 5.41) is -0.257. The van der Waals surface area contributed by atoms with Gasteiger partial charge in [0.1, 0.15) is 0 Å². The summed E-state index contributed by atoms with van der Waals surface area (Å²) in [6.45, 7) is 2.13. The Balaban J connectivity index is 2.66. The van der Waals surface area contributed by atoms with Gasteiger partial charge in [-0.25, -0.2) is 8.42 Å². The number of sulfone groups is 1.